The summed E-state index contributed by atoms with van der Waals surface area (Å²) in [5.41, 5.74) is 1.50. The van der Waals surface area contributed by atoms with E-state index < -0.39 is 0 Å². The fourth-order valence-corrected chi connectivity index (χ4v) is 1.61. The molecule has 100 valence electrons. The second-order valence-electron chi connectivity index (χ2n) is 4.06. The van der Waals surface area contributed by atoms with E-state index in [1.165, 1.54) is 0 Å². The number of hydrogen-bond acceptors (Lipinski definition) is 3. The number of halogens is 1. The van der Waals surface area contributed by atoms with Gasteiger partial charge in [0.1, 0.15) is 5.76 Å². The van der Waals surface area contributed by atoms with E-state index in [1.807, 2.05) is 13.8 Å². The molecule has 0 aliphatic rings. The maximum absolute atomic E-state index is 11.6. The number of nitrogens with one attached hydrogen (secondary N) is 2. The van der Waals surface area contributed by atoms with Gasteiger partial charge in [0.25, 0.3) is 0 Å². The number of oxazole rings is 1. The maximum Gasteiger partial charge on any atom is 0.319 e. The molecule has 19 heavy (non-hydrogen) atoms. The van der Waals surface area contributed by atoms with Gasteiger partial charge in [0.15, 0.2) is 0 Å². The van der Waals surface area contributed by atoms with Gasteiger partial charge in [-0.2, -0.15) is 0 Å². The van der Waals surface area contributed by atoms with E-state index in [-0.39, 0.29) is 12.6 Å². The molecule has 0 bridgehead atoms. The number of benzene rings is 1. The van der Waals surface area contributed by atoms with Crippen LogP contribution in [-0.4, -0.2) is 11.0 Å². The minimum absolute atomic E-state index is 0.244. The van der Waals surface area contributed by atoms with Gasteiger partial charge in [-0.05, 0) is 38.1 Å². The highest BCUT2D eigenvalue weighted by molar-refractivity contribution is 6.30. The number of carbonyl (C=O) groups excluding carboxylic acids is 1. The average Bonchev–Trinajstić information content (AvgIpc) is 2.69. The third-order valence-electron chi connectivity index (χ3n) is 2.58. The highest BCUT2D eigenvalue weighted by atomic mass is 35.5. The molecule has 5 nitrogen and oxygen atoms in total. The molecule has 0 fully saturated rings. The van der Waals surface area contributed by atoms with E-state index >= 15 is 0 Å². The molecule has 0 atom stereocenters. The molecule has 1 aromatic carbocycles. The lowest BCUT2D eigenvalue weighted by Gasteiger charge is -2.05. The molecule has 2 N–H and O–H groups in total. The molecule has 0 saturated carbocycles. The maximum atomic E-state index is 11.6. The van der Waals surface area contributed by atoms with Crippen molar-refractivity contribution < 1.29 is 9.21 Å². The lowest BCUT2D eigenvalue weighted by molar-refractivity contribution is 0.250. The second kappa shape index (κ2) is 5.75. The van der Waals surface area contributed by atoms with Gasteiger partial charge >= 0.3 is 6.03 Å². The lowest BCUT2D eigenvalue weighted by atomic mass is 10.3. The standard InChI is InChI=1S/C13H14ClN3O2/c1-8-9(2)19-12(16-8)7-15-13(18)17-11-5-3-10(14)4-6-11/h3-6H,7H2,1-2H3,(H2,15,17,18). The minimum Gasteiger partial charge on any atom is -0.444 e. The van der Waals surface area contributed by atoms with Gasteiger partial charge in [-0.1, -0.05) is 11.6 Å². The first-order chi connectivity index (χ1) is 9.04. The molecule has 6 heteroatoms. The second-order valence-corrected chi connectivity index (χ2v) is 4.50. The van der Waals surface area contributed by atoms with Crippen LogP contribution in [0.1, 0.15) is 17.3 Å². The summed E-state index contributed by atoms with van der Waals surface area (Å²) in [6, 6.07) is 6.54. The topological polar surface area (TPSA) is 67.2 Å². The van der Waals surface area contributed by atoms with E-state index in [0.717, 1.165) is 11.5 Å². The summed E-state index contributed by atoms with van der Waals surface area (Å²) in [5, 5.41) is 5.97. The Labute approximate surface area is 116 Å². The molecule has 1 heterocycles. The van der Waals surface area contributed by atoms with Gasteiger partial charge in [0.05, 0.1) is 12.2 Å². The Hall–Kier alpha value is -2.01. The zero-order valence-corrected chi connectivity index (χ0v) is 11.4. The van der Waals surface area contributed by atoms with Crippen molar-refractivity contribution in [3.8, 4) is 0 Å². The summed E-state index contributed by atoms with van der Waals surface area (Å²) < 4.78 is 5.36. The zero-order chi connectivity index (χ0) is 13.8. The third kappa shape index (κ3) is 3.72. The Bertz CT molecular complexity index is 559. The highest BCUT2D eigenvalue weighted by Gasteiger charge is 2.07. The van der Waals surface area contributed by atoms with Crippen LogP contribution in [0.2, 0.25) is 5.02 Å². The number of nitrogens with zero attached hydrogens (tertiary/aromatic N) is 1. The molecule has 0 aliphatic carbocycles. The van der Waals surface area contributed by atoms with Crippen molar-refractivity contribution in [2.45, 2.75) is 20.4 Å². The molecular formula is C13H14ClN3O2. The van der Waals surface area contributed by atoms with Crippen LogP contribution < -0.4 is 10.6 Å². The first-order valence-corrected chi connectivity index (χ1v) is 6.16. The number of aromatic nitrogens is 1. The molecule has 0 saturated heterocycles. The summed E-state index contributed by atoms with van der Waals surface area (Å²) in [4.78, 5) is 15.8. The SMILES string of the molecule is Cc1nc(CNC(=O)Nc2ccc(Cl)cc2)oc1C. The third-order valence-corrected chi connectivity index (χ3v) is 2.83. The summed E-state index contributed by atoms with van der Waals surface area (Å²) in [5.74, 6) is 1.25. The van der Waals surface area contributed by atoms with Crippen molar-refractivity contribution >= 4 is 23.3 Å². The smallest absolute Gasteiger partial charge is 0.319 e. The van der Waals surface area contributed by atoms with Crippen molar-refractivity contribution in [1.82, 2.24) is 10.3 Å². The van der Waals surface area contributed by atoms with Crippen molar-refractivity contribution in [1.29, 1.82) is 0 Å². The van der Waals surface area contributed by atoms with Crippen LogP contribution in [0, 0.1) is 13.8 Å². The molecule has 0 aliphatic heterocycles. The Morgan fingerprint density at radius 1 is 1.32 bits per heavy atom. The summed E-state index contributed by atoms with van der Waals surface area (Å²) in [6.07, 6.45) is 0. The van der Waals surface area contributed by atoms with Crippen LogP contribution in [0.4, 0.5) is 10.5 Å². The fraction of sp³-hybridized carbons (Fsp3) is 0.231. The van der Waals surface area contributed by atoms with Gasteiger partial charge in [-0.3, -0.25) is 0 Å². The number of rotatable bonds is 3. The summed E-state index contributed by atoms with van der Waals surface area (Å²) in [6.45, 7) is 3.93. The summed E-state index contributed by atoms with van der Waals surface area (Å²) in [7, 11) is 0. The van der Waals surface area contributed by atoms with Crippen LogP contribution in [-0.2, 0) is 6.54 Å². The zero-order valence-electron chi connectivity index (χ0n) is 10.7. The Balaban J connectivity index is 1.86. The number of urea groups is 1. The van der Waals surface area contributed by atoms with Crippen LogP contribution in [0.3, 0.4) is 0 Å². The van der Waals surface area contributed by atoms with Crippen LogP contribution in [0.5, 0.6) is 0 Å². The molecule has 2 aromatic rings. The van der Waals surface area contributed by atoms with E-state index in [1.54, 1.807) is 24.3 Å². The van der Waals surface area contributed by atoms with Crippen molar-refractivity contribution in [3.63, 3.8) is 0 Å². The Morgan fingerprint density at radius 2 is 2.00 bits per heavy atom. The average molecular weight is 280 g/mol. The minimum atomic E-state index is -0.323. The van der Waals surface area contributed by atoms with E-state index in [0.29, 0.717) is 16.6 Å². The normalized spacial score (nSPS) is 10.3. The first kappa shape index (κ1) is 13.4. The van der Waals surface area contributed by atoms with Crippen LogP contribution in [0.15, 0.2) is 28.7 Å². The molecule has 0 radical (unpaired) electrons. The van der Waals surface area contributed by atoms with E-state index in [4.69, 9.17) is 16.0 Å². The van der Waals surface area contributed by atoms with Crippen LogP contribution >= 0.6 is 11.6 Å². The molecule has 1 aromatic heterocycles. The Kier molecular flexibility index (Phi) is 4.06. The van der Waals surface area contributed by atoms with Gasteiger partial charge in [0.2, 0.25) is 5.89 Å². The highest BCUT2D eigenvalue weighted by Crippen LogP contribution is 2.13. The van der Waals surface area contributed by atoms with E-state index in [2.05, 4.69) is 15.6 Å². The number of amides is 2. The van der Waals surface area contributed by atoms with E-state index in [9.17, 15) is 4.79 Å². The van der Waals surface area contributed by atoms with Gasteiger partial charge < -0.3 is 15.1 Å². The molecule has 2 amide bonds. The number of anilines is 1. The fourth-order valence-electron chi connectivity index (χ4n) is 1.48. The van der Waals surface area contributed by atoms with Crippen molar-refractivity contribution in [2.75, 3.05) is 5.32 Å². The van der Waals surface area contributed by atoms with Gasteiger partial charge in [-0.15, -0.1) is 0 Å². The largest absolute Gasteiger partial charge is 0.444 e. The van der Waals surface area contributed by atoms with Crippen molar-refractivity contribution in [3.05, 3.63) is 46.6 Å². The number of hydrogen-bond donors (Lipinski definition) is 2. The summed E-state index contributed by atoms with van der Waals surface area (Å²) >= 11 is 5.76. The number of carbonyl (C=O) groups is 1. The molecule has 0 spiro atoms. The lowest BCUT2D eigenvalue weighted by Crippen LogP contribution is -2.28. The van der Waals surface area contributed by atoms with Crippen LogP contribution in [0.25, 0.3) is 0 Å². The molecule has 2 rings (SSSR count). The predicted molar refractivity (Wildman–Crippen MR) is 73.3 cm³/mol. The monoisotopic (exact) mass is 279 g/mol. The first-order valence-electron chi connectivity index (χ1n) is 5.78. The van der Waals surface area contributed by atoms with Gasteiger partial charge in [-0.25, -0.2) is 9.78 Å². The Morgan fingerprint density at radius 3 is 2.58 bits per heavy atom. The quantitative estimate of drug-likeness (QED) is 0.906. The molecule has 0 unspecified atom stereocenters. The molecular weight excluding hydrogens is 266 g/mol. The van der Waals surface area contributed by atoms with Gasteiger partial charge in [0, 0.05) is 10.7 Å². The predicted octanol–water partition coefficient (Wildman–Crippen LogP) is 3.27. The van der Waals surface area contributed by atoms with Crippen molar-refractivity contribution in [2.24, 2.45) is 0 Å². The number of aryl methyl sites for hydroxylation is 2.